The number of rotatable bonds is 5. The molecule has 1 aromatic carbocycles. The molecule has 0 bridgehead atoms. The number of nitrogens with one attached hydrogen (secondary N) is 3. The van der Waals surface area contributed by atoms with Crippen molar-refractivity contribution in [1.82, 2.24) is 10.6 Å². The molecule has 5 N–H and O–H groups in total. The number of amides is 3. The number of carbonyl (C=O) groups excluding carboxylic acids is 2. The second-order valence-corrected chi connectivity index (χ2v) is 6.34. The Bertz CT molecular complexity index is 559. The molecular weight excluding hydrogens is 292 g/mol. The van der Waals surface area contributed by atoms with Crippen molar-refractivity contribution in [3.05, 3.63) is 29.8 Å². The Morgan fingerprint density at radius 2 is 2.09 bits per heavy atom. The van der Waals surface area contributed by atoms with Crippen molar-refractivity contribution in [2.45, 2.75) is 45.2 Å². The van der Waals surface area contributed by atoms with Crippen LogP contribution in [0.1, 0.15) is 43.5 Å². The Morgan fingerprint density at radius 3 is 2.78 bits per heavy atom. The Hall–Kier alpha value is -2.08. The normalized spacial score (nSPS) is 20.3. The van der Waals surface area contributed by atoms with Crippen molar-refractivity contribution < 1.29 is 9.59 Å². The van der Waals surface area contributed by atoms with Gasteiger partial charge >= 0.3 is 6.03 Å². The van der Waals surface area contributed by atoms with E-state index in [-0.39, 0.29) is 24.0 Å². The van der Waals surface area contributed by atoms with Crippen molar-refractivity contribution in [1.29, 1.82) is 0 Å². The fraction of sp³-hybridized carbons (Fsp3) is 0.529. The SMILES string of the molecule is CC(C)NC(=O)Nc1cccc(C(=O)NC2CCCC2CN)c1. The van der Waals surface area contributed by atoms with E-state index >= 15 is 0 Å². The second-order valence-electron chi connectivity index (χ2n) is 6.34. The van der Waals surface area contributed by atoms with E-state index in [2.05, 4.69) is 16.0 Å². The van der Waals surface area contributed by atoms with Crippen molar-refractivity contribution in [2.24, 2.45) is 11.7 Å². The first-order valence-electron chi connectivity index (χ1n) is 8.18. The van der Waals surface area contributed by atoms with E-state index in [0.29, 0.717) is 23.7 Å². The molecule has 1 aromatic rings. The third kappa shape index (κ3) is 4.96. The lowest BCUT2D eigenvalue weighted by Crippen LogP contribution is -2.39. The maximum atomic E-state index is 12.4. The van der Waals surface area contributed by atoms with Crippen LogP contribution in [0.2, 0.25) is 0 Å². The van der Waals surface area contributed by atoms with Crippen LogP contribution in [-0.4, -0.2) is 30.6 Å². The maximum Gasteiger partial charge on any atom is 0.319 e. The predicted molar refractivity (Wildman–Crippen MR) is 91.4 cm³/mol. The van der Waals surface area contributed by atoms with Gasteiger partial charge in [-0.3, -0.25) is 4.79 Å². The molecule has 0 heterocycles. The maximum absolute atomic E-state index is 12.4. The van der Waals surface area contributed by atoms with Gasteiger partial charge in [-0.2, -0.15) is 0 Å². The first-order chi connectivity index (χ1) is 11.0. The van der Waals surface area contributed by atoms with Gasteiger partial charge in [0.1, 0.15) is 0 Å². The predicted octanol–water partition coefficient (Wildman–Crippen LogP) is 2.07. The van der Waals surface area contributed by atoms with Crippen LogP contribution in [0.15, 0.2) is 24.3 Å². The van der Waals surface area contributed by atoms with Crippen LogP contribution >= 0.6 is 0 Å². The van der Waals surface area contributed by atoms with Crippen molar-refractivity contribution in [3.63, 3.8) is 0 Å². The summed E-state index contributed by atoms with van der Waals surface area (Å²) < 4.78 is 0. The minimum atomic E-state index is -0.281. The van der Waals surface area contributed by atoms with Crippen LogP contribution in [0.25, 0.3) is 0 Å². The van der Waals surface area contributed by atoms with Gasteiger partial charge in [0.05, 0.1) is 0 Å². The average molecular weight is 318 g/mol. The molecule has 0 saturated heterocycles. The molecule has 1 fully saturated rings. The molecule has 3 amide bonds. The molecule has 2 unspecified atom stereocenters. The van der Waals surface area contributed by atoms with Crippen LogP contribution in [0.5, 0.6) is 0 Å². The Kier molecular flexibility index (Phi) is 5.98. The molecule has 1 saturated carbocycles. The van der Waals surface area contributed by atoms with Gasteiger partial charge in [-0.15, -0.1) is 0 Å². The summed E-state index contributed by atoms with van der Waals surface area (Å²) in [7, 11) is 0. The second kappa shape index (κ2) is 7.97. The molecule has 126 valence electrons. The Balaban J connectivity index is 1.98. The largest absolute Gasteiger partial charge is 0.349 e. The molecule has 2 atom stereocenters. The van der Waals surface area contributed by atoms with Crippen LogP contribution in [-0.2, 0) is 0 Å². The lowest BCUT2D eigenvalue weighted by Gasteiger charge is -2.19. The van der Waals surface area contributed by atoms with Crippen LogP contribution in [0.3, 0.4) is 0 Å². The number of urea groups is 1. The van der Waals surface area contributed by atoms with Gasteiger partial charge in [0.15, 0.2) is 0 Å². The minimum Gasteiger partial charge on any atom is -0.349 e. The van der Waals surface area contributed by atoms with E-state index in [4.69, 9.17) is 5.73 Å². The minimum absolute atomic E-state index is 0.0528. The van der Waals surface area contributed by atoms with Crippen molar-refractivity contribution in [2.75, 3.05) is 11.9 Å². The van der Waals surface area contributed by atoms with Gasteiger partial charge in [-0.25, -0.2) is 4.79 Å². The highest BCUT2D eigenvalue weighted by atomic mass is 16.2. The Morgan fingerprint density at radius 1 is 1.30 bits per heavy atom. The number of carbonyl (C=O) groups is 2. The van der Waals surface area contributed by atoms with Gasteiger partial charge in [-0.05, 0) is 57.4 Å². The van der Waals surface area contributed by atoms with Crippen LogP contribution < -0.4 is 21.7 Å². The molecule has 0 spiro atoms. The molecule has 0 radical (unpaired) electrons. The molecule has 1 aliphatic carbocycles. The lowest BCUT2D eigenvalue weighted by molar-refractivity contribution is 0.0928. The monoisotopic (exact) mass is 318 g/mol. The van der Waals surface area contributed by atoms with E-state index in [0.717, 1.165) is 19.3 Å². The average Bonchev–Trinajstić information content (AvgIpc) is 2.93. The van der Waals surface area contributed by atoms with Crippen LogP contribution in [0, 0.1) is 5.92 Å². The summed E-state index contributed by atoms with van der Waals surface area (Å²) in [6, 6.07) is 6.86. The zero-order valence-corrected chi connectivity index (χ0v) is 13.8. The highest BCUT2D eigenvalue weighted by Crippen LogP contribution is 2.25. The van der Waals surface area contributed by atoms with Gasteiger partial charge < -0.3 is 21.7 Å². The lowest BCUT2D eigenvalue weighted by atomic mass is 10.0. The quantitative estimate of drug-likeness (QED) is 0.669. The standard InChI is InChI=1S/C17H26N4O2/c1-11(2)19-17(23)20-14-7-3-5-12(9-14)16(22)21-15-8-4-6-13(15)10-18/h3,5,7,9,11,13,15H,4,6,8,10,18H2,1-2H3,(H,21,22)(H2,19,20,23). The topological polar surface area (TPSA) is 96.2 Å². The molecule has 6 nitrogen and oxygen atoms in total. The summed E-state index contributed by atoms with van der Waals surface area (Å²) in [5, 5.41) is 8.54. The molecule has 2 rings (SSSR count). The molecule has 23 heavy (non-hydrogen) atoms. The van der Waals surface area contributed by atoms with E-state index in [1.807, 2.05) is 13.8 Å². The van der Waals surface area contributed by atoms with E-state index in [9.17, 15) is 9.59 Å². The van der Waals surface area contributed by atoms with E-state index in [1.165, 1.54) is 0 Å². The highest BCUT2D eigenvalue weighted by Gasteiger charge is 2.27. The molecule has 0 aliphatic heterocycles. The van der Waals surface area contributed by atoms with Gasteiger partial charge in [-0.1, -0.05) is 12.5 Å². The van der Waals surface area contributed by atoms with E-state index < -0.39 is 0 Å². The first-order valence-corrected chi connectivity index (χ1v) is 8.18. The summed E-state index contributed by atoms with van der Waals surface area (Å²) in [5.74, 6) is 0.236. The van der Waals surface area contributed by atoms with Crippen molar-refractivity contribution in [3.8, 4) is 0 Å². The fourth-order valence-electron chi connectivity index (χ4n) is 2.93. The number of anilines is 1. The molecule has 0 aromatic heterocycles. The molecule has 1 aliphatic rings. The summed E-state index contributed by atoms with van der Waals surface area (Å²) in [4.78, 5) is 24.1. The summed E-state index contributed by atoms with van der Waals surface area (Å²) in [6.07, 6.45) is 3.14. The number of hydrogen-bond acceptors (Lipinski definition) is 3. The van der Waals surface area contributed by atoms with Crippen LogP contribution in [0.4, 0.5) is 10.5 Å². The van der Waals surface area contributed by atoms with Gasteiger partial charge in [0, 0.05) is 23.3 Å². The zero-order chi connectivity index (χ0) is 16.8. The zero-order valence-electron chi connectivity index (χ0n) is 13.8. The Labute approximate surface area is 137 Å². The van der Waals surface area contributed by atoms with Gasteiger partial charge in [0.25, 0.3) is 5.91 Å². The smallest absolute Gasteiger partial charge is 0.319 e. The highest BCUT2D eigenvalue weighted by molar-refractivity contribution is 5.97. The first kappa shape index (κ1) is 17.3. The van der Waals surface area contributed by atoms with Crippen molar-refractivity contribution >= 4 is 17.6 Å². The molecule has 6 heteroatoms. The third-order valence-electron chi connectivity index (χ3n) is 4.08. The fourth-order valence-corrected chi connectivity index (χ4v) is 2.93. The molecular formula is C17H26N4O2. The number of benzene rings is 1. The van der Waals surface area contributed by atoms with Gasteiger partial charge in [0.2, 0.25) is 0 Å². The van der Waals surface area contributed by atoms with E-state index in [1.54, 1.807) is 24.3 Å². The number of hydrogen-bond donors (Lipinski definition) is 4. The summed E-state index contributed by atoms with van der Waals surface area (Å²) in [5.41, 5.74) is 6.88. The summed E-state index contributed by atoms with van der Waals surface area (Å²) >= 11 is 0. The number of nitrogens with two attached hydrogens (primary N) is 1. The third-order valence-corrected chi connectivity index (χ3v) is 4.08. The summed E-state index contributed by atoms with van der Waals surface area (Å²) in [6.45, 7) is 4.37.